The van der Waals surface area contributed by atoms with Crippen LogP contribution < -0.4 is 56.7 Å². The van der Waals surface area contributed by atoms with Gasteiger partial charge < -0.3 is 23.0 Å². The van der Waals surface area contributed by atoms with Crippen LogP contribution in [0, 0.1) is 0 Å². The second-order valence-electron chi connectivity index (χ2n) is 4.09. The number of carbonyl (C=O) groups excluding carboxylic acids is 1. The van der Waals surface area contributed by atoms with Crippen molar-refractivity contribution in [2.45, 2.75) is 26.4 Å². The molecule has 8 heteroatoms. The van der Waals surface area contributed by atoms with Gasteiger partial charge in [0.1, 0.15) is 5.60 Å². The van der Waals surface area contributed by atoms with Crippen molar-refractivity contribution in [3.63, 3.8) is 0 Å². The minimum absolute atomic E-state index is 0. The fourth-order valence-electron chi connectivity index (χ4n) is 0.616. The Kier molecular flexibility index (Phi) is 8.31. The number of amides is 1. The van der Waals surface area contributed by atoms with Crippen LogP contribution in [0.1, 0.15) is 20.8 Å². The van der Waals surface area contributed by atoms with E-state index in [9.17, 15) is 17.7 Å². The summed E-state index contributed by atoms with van der Waals surface area (Å²) in [6.07, 6.45) is -0.885. The molecular formula is C8H14BF3KNO2. The third kappa shape index (κ3) is 9.71. The van der Waals surface area contributed by atoms with Crippen molar-refractivity contribution in [3.05, 3.63) is 12.1 Å². The molecule has 0 aromatic carbocycles. The minimum Gasteiger partial charge on any atom is -0.445 e. The van der Waals surface area contributed by atoms with Crippen LogP contribution in [0.15, 0.2) is 12.1 Å². The zero-order valence-electron chi connectivity index (χ0n) is 9.94. The summed E-state index contributed by atoms with van der Waals surface area (Å²) in [6, 6.07) is 0. The molecule has 0 atom stereocenters. The van der Waals surface area contributed by atoms with Gasteiger partial charge >= 0.3 is 64.5 Å². The van der Waals surface area contributed by atoms with Gasteiger partial charge in [0.15, 0.2) is 0 Å². The molecule has 0 bridgehead atoms. The molecule has 0 heterocycles. The van der Waals surface area contributed by atoms with E-state index in [0.717, 1.165) is 0 Å². The third-order valence-electron chi connectivity index (χ3n) is 1.32. The van der Waals surface area contributed by atoms with Crippen LogP contribution in [-0.2, 0) is 4.74 Å². The fraction of sp³-hybridized carbons (Fsp3) is 0.625. The van der Waals surface area contributed by atoms with Crippen molar-refractivity contribution in [1.82, 2.24) is 5.32 Å². The Labute approximate surface area is 136 Å². The van der Waals surface area contributed by atoms with Crippen molar-refractivity contribution < 1.29 is 73.9 Å². The number of ether oxygens (including phenoxy) is 1. The van der Waals surface area contributed by atoms with E-state index >= 15 is 0 Å². The Bertz CT molecular complexity index is 263. The predicted octanol–water partition coefficient (Wildman–Crippen LogP) is -0.542. The zero-order chi connectivity index (χ0) is 12.3. The van der Waals surface area contributed by atoms with Crippen LogP contribution in [0.5, 0.6) is 0 Å². The Morgan fingerprint density at radius 3 is 2.12 bits per heavy atom. The van der Waals surface area contributed by atoms with E-state index in [2.05, 4.69) is 6.58 Å². The maximum Gasteiger partial charge on any atom is 1.00 e. The van der Waals surface area contributed by atoms with Crippen LogP contribution in [0.25, 0.3) is 0 Å². The molecule has 0 aliphatic rings. The molecule has 0 fully saturated rings. The maximum atomic E-state index is 12.0. The van der Waals surface area contributed by atoms with Gasteiger partial charge in [-0.2, -0.15) is 0 Å². The molecule has 0 unspecified atom stereocenters. The van der Waals surface area contributed by atoms with Crippen molar-refractivity contribution in [3.8, 4) is 0 Å². The number of nitrogens with one attached hydrogen (secondary N) is 1. The van der Waals surface area contributed by atoms with Crippen molar-refractivity contribution in [1.29, 1.82) is 0 Å². The van der Waals surface area contributed by atoms with Gasteiger partial charge in [0, 0.05) is 6.54 Å². The Balaban J connectivity index is 0. The molecule has 0 radical (unpaired) electrons. The molecule has 1 amide bonds. The van der Waals surface area contributed by atoms with E-state index < -0.39 is 30.7 Å². The summed E-state index contributed by atoms with van der Waals surface area (Å²) >= 11 is 0. The molecule has 0 saturated heterocycles. The van der Waals surface area contributed by atoms with E-state index in [-0.39, 0.29) is 51.4 Å². The minimum atomic E-state index is -5.10. The van der Waals surface area contributed by atoms with Gasteiger partial charge in [-0.25, -0.2) is 4.79 Å². The second-order valence-corrected chi connectivity index (χ2v) is 4.09. The largest absolute Gasteiger partial charge is 1.00 e. The van der Waals surface area contributed by atoms with Gasteiger partial charge in [-0.3, -0.25) is 0 Å². The van der Waals surface area contributed by atoms with Gasteiger partial charge in [-0.15, -0.1) is 12.1 Å². The second kappa shape index (κ2) is 7.05. The molecule has 0 aliphatic carbocycles. The van der Waals surface area contributed by atoms with Crippen LogP contribution in [0.4, 0.5) is 17.7 Å². The predicted molar refractivity (Wildman–Crippen MR) is 52.5 cm³/mol. The van der Waals surface area contributed by atoms with Crippen LogP contribution in [0.2, 0.25) is 0 Å². The number of hydrogen-bond donors (Lipinski definition) is 1. The first-order valence-electron chi connectivity index (χ1n) is 4.37. The van der Waals surface area contributed by atoms with Crippen molar-refractivity contribution in [2.24, 2.45) is 0 Å². The molecule has 0 aliphatic heterocycles. The van der Waals surface area contributed by atoms with Crippen LogP contribution in [0.3, 0.4) is 0 Å². The summed E-state index contributed by atoms with van der Waals surface area (Å²) in [4.78, 5) is 11.0. The molecule has 0 spiro atoms. The number of alkyl carbamates (subject to hydrolysis) is 1. The summed E-state index contributed by atoms with van der Waals surface area (Å²) < 4.78 is 40.8. The normalized spacial score (nSPS) is 11.4. The van der Waals surface area contributed by atoms with Gasteiger partial charge in [-0.1, -0.05) is 0 Å². The van der Waals surface area contributed by atoms with E-state index in [1.165, 1.54) is 0 Å². The molecule has 0 rings (SSSR count). The Morgan fingerprint density at radius 2 is 1.81 bits per heavy atom. The third-order valence-corrected chi connectivity index (χ3v) is 1.32. The number of halogens is 3. The molecule has 1 N–H and O–H groups in total. The van der Waals surface area contributed by atoms with Crippen molar-refractivity contribution >= 4 is 13.1 Å². The molecule has 16 heavy (non-hydrogen) atoms. The fourth-order valence-corrected chi connectivity index (χ4v) is 0.616. The SMILES string of the molecule is C=C(CNC(=O)OC(C)(C)C)[B-](F)(F)F.[K+]. The Hall–Kier alpha value is 0.501. The number of rotatable bonds is 3. The topological polar surface area (TPSA) is 38.3 Å². The van der Waals surface area contributed by atoms with E-state index in [0.29, 0.717) is 0 Å². The molecule has 0 aromatic rings. The molecule has 3 nitrogen and oxygen atoms in total. The van der Waals surface area contributed by atoms with E-state index in [4.69, 9.17) is 4.74 Å². The monoisotopic (exact) mass is 263 g/mol. The number of carbonyl (C=O) groups is 1. The average Bonchev–Trinajstić information content (AvgIpc) is 1.94. The number of hydrogen-bond acceptors (Lipinski definition) is 2. The zero-order valence-corrected chi connectivity index (χ0v) is 13.1. The first-order chi connectivity index (χ1) is 6.52. The first-order valence-corrected chi connectivity index (χ1v) is 4.37. The van der Waals surface area contributed by atoms with Gasteiger partial charge in [-0.05, 0) is 20.8 Å². The van der Waals surface area contributed by atoms with Crippen molar-refractivity contribution in [2.75, 3.05) is 6.54 Å². The summed E-state index contributed by atoms with van der Waals surface area (Å²) in [5.74, 6) is 0. The van der Waals surface area contributed by atoms with E-state index in [1.54, 1.807) is 20.8 Å². The summed E-state index contributed by atoms with van der Waals surface area (Å²) in [7, 11) is 0. The molecular weight excluding hydrogens is 249 g/mol. The van der Waals surface area contributed by atoms with Gasteiger partial charge in [0.05, 0.1) is 0 Å². The van der Waals surface area contributed by atoms with Gasteiger partial charge in [0.25, 0.3) is 0 Å². The van der Waals surface area contributed by atoms with Crippen LogP contribution in [-0.4, -0.2) is 25.2 Å². The first kappa shape index (κ1) is 18.9. The quantitative estimate of drug-likeness (QED) is 0.694. The van der Waals surface area contributed by atoms with Crippen LogP contribution >= 0.6 is 0 Å². The Morgan fingerprint density at radius 1 is 1.38 bits per heavy atom. The molecule has 0 saturated carbocycles. The standard InChI is InChI=1S/C8H14BF3NO2.K/c1-6(9(10,11)12)5-13-7(14)15-8(2,3)4;/h1,5H2,2-4H3,(H,13,14);/q-1;+1. The summed E-state index contributed by atoms with van der Waals surface area (Å²) in [6.45, 7) is 1.94. The summed E-state index contributed by atoms with van der Waals surface area (Å²) in [5.41, 5.74) is -1.68. The molecule has 0 aromatic heterocycles. The average molecular weight is 263 g/mol. The maximum absolute atomic E-state index is 12.0. The smallest absolute Gasteiger partial charge is 0.445 e. The van der Waals surface area contributed by atoms with E-state index in [1.807, 2.05) is 5.32 Å². The summed E-state index contributed by atoms with van der Waals surface area (Å²) in [5, 5.41) is 1.98. The molecule has 88 valence electrons. The van der Waals surface area contributed by atoms with Gasteiger partial charge in [0.2, 0.25) is 0 Å².